The fraction of sp³-hybridized carbons (Fsp3) is 0.167. The van der Waals surface area contributed by atoms with E-state index in [4.69, 9.17) is 0 Å². The highest BCUT2D eigenvalue weighted by atomic mass is 32.1. The molecule has 0 amide bonds. The Bertz CT molecular complexity index is 292. The van der Waals surface area contributed by atoms with Crippen molar-refractivity contribution in [2.75, 3.05) is 0 Å². The summed E-state index contributed by atoms with van der Waals surface area (Å²) < 4.78 is 1.32. The van der Waals surface area contributed by atoms with Crippen molar-refractivity contribution in [3.05, 3.63) is 15.8 Å². The molecule has 9 heavy (non-hydrogen) atoms. The van der Waals surface area contributed by atoms with Gasteiger partial charge >= 0.3 is 0 Å². The Morgan fingerprint density at radius 2 is 2.33 bits per heavy atom. The highest BCUT2D eigenvalue weighted by Crippen LogP contribution is 2.24. The first-order valence-corrected chi connectivity index (χ1v) is 4.41. The Kier molecular flexibility index (Phi) is 1.07. The summed E-state index contributed by atoms with van der Waals surface area (Å²) in [6.07, 6.45) is 0. The molecule has 0 aromatic carbocycles. The normalized spacial score (nSPS) is 10.8. The Balaban J connectivity index is 2.92. The molecule has 2 rings (SSSR count). The zero-order valence-electron chi connectivity index (χ0n) is 4.92. The third kappa shape index (κ3) is 0.767. The number of aryl methyl sites for hydroxylation is 1. The molecule has 2 aromatic heterocycles. The minimum atomic E-state index is 1.16. The smallest absolute Gasteiger partial charge is 0.0922 e. The number of nitrogens with zero attached hydrogens (tertiary/aromatic N) is 1. The monoisotopic (exact) mass is 155 g/mol. The first-order chi connectivity index (χ1) is 4.36. The molecule has 0 unspecified atom stereocenters. The van der Waals surface area contributed by atoms with Gasteiger partial charge in [0.05, 0.1) is 15.2 Å². The zero-order chi connectivity index (χ0) is 6.27. The van der Waals surface area contributed by atoms with Crippen LogP contribution in [0.3, 0.4) is 0 Å². The molecule has 1 nitrogen and oxygen atoms in total. The van der Waals surface area contributed by atoms with Crippen molar-refractivity contribution in [2.45, 2.75) is 6.92 Å². The van der Waals surface area contributed by atoms with Crippen LogP contribution in [0.25, 0.3) is 10.2 Å². The number of hydrogen-bond acceptors (Lipinski definition) is 3. The Labute approximate surface area is 61.0 Å². The van der Waals surface area contributed by atoms with Crippen molar-refractivity contribution >= 4 is 32.9 Å². The number of fused-ring (bicyclic) bond motifs is 1. The summed E-state index contributed by atoms with van der Waals surface area (Å²) >= 11 is 3.47. The minimum Gasteiger partial charge on any atom is -0.241 e. The highest BCUT2D eigenvalue weighted by Gasteiger charge is 1.97. The van der Waals surface area contributed by atoms with Gasteiger partial charge in [0.1, 0.15) is 0 Å². The fourth-order valence-electron chi connectivity index (χ4n) is 0.788. The molecule has 0 atom stereocenters. The lowest BCUT2D eigenvalue weighted by atomic mass is 10.6. The van der Waals surface area contributed by atoms with Crippen LogP contribution < -0.4 is 0 Å². The molecule has 0 aliphatic carbocycles. The Hall–Kier alpha value is -0.410. The first-order valence-electron chi connectivity index (χ1n) is 2.65. The van der Waals surface area contributed by atoms with Crippen molar-refractivity contribution in [3.63, 3.8) is 0 Å². The lowest BCUT2D eigenvalue weighted by Gasteiger charge is -1.69. The van der Waals surface area contributed by atoms with Crippen LogP contribution in [0.2, 0.25) is 0 Å². The Morgan fingerprint density at radius 1 is 1.44 bits per heavy atom. The van der Waals surface area contributed by atoms with Gasteiger partial charge in [-0.05, 0) is 6.92 Å². The fourth-order valence-corrected chi connectivity index (χ4v) is 2.51. The second-order valence-electron chi connectivity index (χ2n) is 1.85. The number of thiophene rings is 1. The largest absolute Gasteiger partial charge is 0.241 e. The van der Waals surface area contributed by atoms with Crippen molar-refractivity contribution in [3.8, 4) is 0 Å². The predicted octanol–water partition coefficient (Wildman–Crippen LogP) is 2.67. The third-order valence-electron chi connectivity index (χ3n) is 1.14. The van der Waals surface area contributed by atoms with Crippen LogP contribution in [0.1, 0.15) is 5.01 Å². The van der Waals surface area contributed by atoms with E-state index in [9.17, 15) is 0 Å². The van der Waals surface area contributed by atoms with Gasteiger partial charge in [-0.3, -0.25) is 0 Å². The summed E-state index contributed by atoms with van der Waals surface area (Å²) in [4.78, 5) is 4.30. The Morgan fingerprint density at radius 3 is 3.11 bits per heavy atom. The number of thiazole rings is 1. The summed E-state index contributed by atoms with van der Waals surface area (Å²) in [5, 5.41) is 5.38. The number of rotatable bonds is 0. The standard InChI is InChI=1S/C6H5NS2/c1-4-7-5-2-8-3-6(5)9-4/h2-3H,1H3. The van der Waals surface area contributed by atoms with E-state index in [1.54, 1.807) is 22.7 Å². The van der Waals surface area contributed by atoms with E-state index in [-0.39, 0.29) is 0 Å². The van der Waals surface area contributed by atoms with Gasteiger partial charge < -0.3 is 0 Å². The minimum absolute atomic E-state index is 1.16. The molecule has 0 N–H and O–H groups in total. The molecule has 0 fully saturated rings. The van der Waals surface area contributed by atoms with E-state index in [1.165, 1.54) is 4.70 Å². The molecule has 3 heteroatoms. The van der Waals surface area contributed by atoms with Crippen molar-refractivity contribution < 1.29 is 0 Å². The van der Waals surface area contributed by atoms with Gasteiger partial charge in [0, 0.05) is 10.8 Å². The molecule has 0 aliphatic rings. The van der Waals surface area contributed by atoms with E-state index in [0.29, 0.717) is 0 Å². The van der Waals surface area contributed by atoms with E-state index < -0.39 is 0 Å². The van der Waals surface area contributed by atoms with Crippen LogP contribution >= 0.6 is 22.7 Å². The van der Waals surface area contributed by atoms with Crippen LogP contribution in [0.4, 0.5) is 0 Å². The number of hydrogen-bond donors (Lipinski definition) is 0. The lowest BCUT2D eigenvalue weighted by molar-refractivity contribution is 1.35. The molecule has 0 saturated heterocycles. The van der Waals surface area contributed by atoms with Crippen LogP contribution in [0.15, 0.2) is 10.8 Å². The molecular weight excluding hydrogens is 150 g/mol. The summed E-state index contributed by atoms with van der Waals surface area (Å²) in [6, 6.07) is 0. The molecule has 2 aromatic rings. The van der Waals surface area contributed by atoms with Crippen LogP contribution in [-0.2, 0) is 0 Å². The van der Waals surface area contributed by atoms with Gasteiger partial charge in [0.25, 0.3) is 0 Å². The zero-order valence-corrected chi connectivity index (χ0v) is 6.55. The molecule has 0 spiro atoms. The highest BCUT2D eigenvalue weighted by molar-refractivity contribution is 7.22. The average Bonchev–Trinajstić information content (AvgIpc) is 2.22. The molecule has 0 radical (unpaired) electrons. The maximum Gasteiger partial charge on any atom is 0.0922 e. The topological polar surface area (TPSA) is 12.9 Å². The molecule has 2 heterocycles. The van der Waals surface area contributed by atoms with E-state index >= 15 is 0 Å². The molecule has 0 saturated carbocycles. The summed E-state index contributed by atoms with van der Waals surface area (Å²) in [7, 11) is 0. The van der Waals surface area contributed by atoms with Crippen molar-refractivity contribution in [2.24, 2.45) is 0 Å². The van der Waals surface area contributed by atoms with Crippen molar-refractivity contribution in [1.29, 1.82) is 0 Å². The van der Waals surface area contributed by atoms with Gasteiger partial charge in [0.15, 0.2) is 0 Å². The molecule has 46 valence electrons. The van der Waals surface area contributed by atoms with E-state index in [1.807, 2.05) is 6.92 Å². The van der Waals surface area contributed by atoms with E-state index in [2.05, 4.69) is 15.7 Å². The van der Waals surface area contributed by atoms with Gasteiger partial charge in [-0.25, -0.2) is 4.98 Å². The summed E-state index contributed by atoms with van der Waals surface area (Å²) in [5.74, 6) is 0. The second-order valence-corrected chi connectivity index (χ2v) is 3.83. The van der Waals surface area contributed by atoms with Gasteiger partial charge in [-0.15, -0.1) is 22.7 Å². The summed E-state index contributed by atoms with van der Waals surface area (Å²) in [5.41, 5.74) is 1.16. The maximum atomic E-state index is 4.30. The van der Waals surface area contributed by atoms with Crippen molar-refractivity contribution in [1.82, 2.24) is 4.98 Å². The second kappa shape index (κ2) is 1.78. The average molecular weight is 155 g/mol. The predicted molar refractivity (Wildman–Crippen MR) is 42.2 cm³/mol. The SMILES string of the molecule is Cc1nc2cscc2s1. The summed E-state index contributed by atoms with van der Waals surface area (Å²) in [6.45, 7) is 2.04. The van der Waals surface area contributed by atoms with Gasteiger partial charge in [-0.1, -0.05) is 0 Å². The van der Waals surface area contributed by atoms with Gasteiger partial charge in [-0.2, -0.15) is 0 Å². The third-order valence-corrected chi connectivity index (χ3v) is 2.96. The number of aromatic nitrogens is 1. The molecule has 0 aliphatic heterocycles. The van der Waals surface area contributed by atoms with Gasteiger partial charge in [0.2, 0.25) is 0 Å². The maximum absolute atomic E-state index is 4.30. The molecule has 0 bridgehead atoms. The van der Waals surface area contributed by atoms with Crippen LogP contribution in [-0.4, -0.2) is 4.98 Å². The quantitative estimate of drug-likeness (QED) is 0.570. The van der Waals surface area contributed by atoms with Crippen LogP contribution in [0.5, 0.6) is 0 Å². The molecular formula is C6H5NS2. The van der Waals surface area contributed by atoms with E-state index in [0.717, 1.165) is 10.5 Å². The lowest BCUT2D eigenvalue weighted by Crippen LogP contribution is -1.60. The first kappa shape index (κ1) is 5.38. The van der Waals surface area contributed by atoms with Crippen LogP contribution in [0, 0.1) is 6.92 Å².